The van der Waals surface area contributed by atoms with Crippen molar-refractivity contribution in [3.63, 3.8) is 0 Å². The van der Waals surface area contributed by atoms with Crippen LogP contribution in [0.15, 0.2) is 60.7 Å². The van der Waals surface area contributed by atoms with Crippen LogP contribution in [-0.2, 0) is 10.3 Å². The van der Waals surface area contributed by atoms with Crippen molar-refractivity contribution in [1.29, 1.82) is 0 Å². The third kappa shape index (κ3) is 2.15. The van der Waals surface area contributed by atoms with E-state index in [-0.39, 0.29) is 18.1 Å². The van der Waals surface area contributed by atoms with Crippen LogP contribution in [-0.4, -0.2) is 11.2 Å². The molecule has 0 aromatic heterocycles. The van der Waals surface area contributed by atoms with E-state index < -0.39 is 5.60 Å². The summed E-state index contributed by atoms with van der Waals surface area (Å²) in [4.78, 5) is 0. The van der Waals surface area contributed by atoms with E-state index in [0.717, 1.165) is 11.1 Å². The average Bonchev–Trinajstić information content (AvgIpc) is 3.29. The third-order valence-electron chi connectivity index (χ3n) is 4.17. The fourth-order valence-corrected chi connectivity index (χ4v) is 2.87. The number of epoxide rings is 1. The molecule has 2 aromatic carbocycles. The van der Waals surface area contributed by atoms with E-state index >= 15 is 0 Å². The number of hydrogen-bond acceptors (Lipinski definition) is 2. The van der Waals surface area contributed by atoms with Gasteiger partial charge in [-0.2, -0.15) is 0 Å². The summed E-state index contributed by atoms with van der Waals surface area (Å²) in [6.45, 7) is 4.08. The Bertz CT molecular complexity index is 564. The minimum atomic E-state index is -0.943. The first-order valence-electron chi connectivity index (χ1n) is 7.12. The molecule has 3 rings (SSSR count). The Morgan fingerprint density at radius 1 is 0.950 bits per heavy atom. The smallest absolute Gasteiger partial charge is 0.122 e. The van der Waals surface area contributed by atoms with E-state index in [9.17, 15) is 5.11 Å². The van der Waals surface area contributed by atoms with Crippen LogP contribution in [0.2, 0.25) is 0 Å². The van der Waals surface area contributed by atoms with Gasteiger partial charge in [-0.1, -0.05) is 74.5 Å². The highest BCUT2D eigenvalue weighted by atomic mass is 16.6. The number of ether oxygens (including phenoxy) is 1. The molecule has 0 bridgehead atoms. The summed E-state index contributed by atoms with van der Waals surface area (Å²) in [5.41, 5.74) is 1.12. The van der Waals surface area contributed by atoms with Gasteiger partial charge in [0.15, 0.2) is 0 Å². The van der Waals surface area contributed by atoms with Gasteiger partial charge in [-0.3, -0.25) is 0 Å². The van der Waals surface area contributed by atoms with Crippen LogP contribution in [0.4, 0.5) is 0 Å². The quantitative estimate of drug-likeness (QED) is 0.858. The third-order valence-corrected chi connectivity index (χ3v) is 4.17. The second-order valence-corrected chi connectivity index (χ2v) is 5.73. The first kappa shape index (κ1) is 13.3. The Kier molecular flexibility index (Phi) is 3.36. The number of aliphatic hydroxyl groups is 1. The molecule has 2 aromatic rings. The van der Waals surface area contributed by atoms with Gasteiger partial charge in [0.05, 0.1) is 0 Å². The highest BCUT2D eigenvalue weighted by Crippen LogP contribution is 2.51. The highest BCUT2D eigenvalue weighted by Gasteiger charge is 2.56. The second-order valence-electron chi connectivity index (χ2n) is 5.73. The fourth-order valence-electron chi connectivity index (χ4n) is 2.87. The van der Waals surface area contributed by atoms with E-state index in [0.29, 0.717) is 0 Å². The van der Waals surface area contributed by atoms with Gasteiger partial charge in [0, 0.05) is 0 Å². The minimum absolute atomic E-state index is 0.0104. The predicted octanol–water partition coefficient (Wildman–Crippen LogP) is 3.67. The van der Waals surface area contributed by atoms with Crippen molar-refractivity contribution in [3.05, 3.63) is 71.8 Å². The normalized spacial score (nSPS) is 24.4. The standard InChI is InChI=1S/C18H20O2/c1-13(2)18(19,15-11-7-4-8-12-15)17-16(20-17)14-9-5-3-6-10-14/h3-13,16-17,19H,1-2H3/t16-,17+,18+/m0/s1. The van der Waals surface area contributed by atoms with Crippen LogP contribution in [0.25, 0.3) is 0 Å². The summed E-state index contributed by atoms with van der Waals surface area (Å²) in [6, 6.07) is 19.9. The lowest BCUT2D eigenvalue weighted by Gasteiger charge is -2.31. The molecular formula is C18H20O2. The minimum Gasteiger partial charge on any atom is -0.382 e. The molecule has 0 amide bonds. The van der Waals surface area contributed by atoms with E-state index in [1.807, 2.05) is 62.4 Å². The molecule has 0 unspecified atom stereocenters. The van der Waals surface area contributed by atoms with E-state index in [4.69, 9.17) is 4.74 Å². The SMILES string of the molecule is CC(C)[C@@](O)(c1ccccc1)[C@@H]1O[C@H]1c1ccccc1. The van der Waals surface area contributed by atoms with Gasteiger partial charge >= 0.3 is 0 Å². The second kappa shape index (κ2) is 5.04. The largest absolute Gasteiger partial charge is 0.382 e. The molecule has 1 fully saturated rings. The molecule has 0 radical (unpaired) electrons. The van der Waals surface area contributed by atoms with Gasteiger partial charge in [0.1, 0.15) is 17.8 Å². The molecule has 0 saturated carbocycles. The lowest BCUT2D eigenvalue weighted by atomic mass is 9.79. The topological polar surface area (TPSA) is 32.8 Å². The van der Waals surface area contributed by atoms with Crippen molar-refractivity contribution in [3.8, 4) is 0 Å². The highest BCUT2D eigenvalue weighted by molar-refractivity contribution is 5.31. The maximum absolute atomic E-state index is 11.2. The lowest BCUT2D eigenvalue weighted by molar-refractivity contribution is -0.0356. The van der Waals surface area contributed by atoms with Crippen LogP contribution in [0.5, 0.6) is 0 Å². The van der Waals surface area contributed by atoms with Gasteiger partial charge in [-0.15, -0.1) is 0 Å². The van der Waals surface area contributed by atoms with Crippen molar-refractivity contribution in [2.24, 2.45) is 5.92 Å². The van der Waals surface area contributed by atoms with Gasteiger partial charge in [-0.05, 0) is 17.0 Å². The van der Waals surface area contributed by atoms with Gasteiger partial charge in [-0.25, -0.2) is 0 Å². The van der Waals surface area contributed by atoms with Crippen LogP contribution in [0.3, 0.4) is 0 Å². The van der Waals surface area contributed by atoms with E-state index in [2.05, 4.69) is 12.1 Å². The summed E-state index contributed by atoms with van der Waals surface area (Å²) < 4.78 is 5.83. The molecular weight excluding hydrogens is 248 g/mol. The summed E-state index contributed by atoms with van der Waals surface area (Å²) in [5, 5.41) is 11.2. The molecule has 1 heterocycles. The molecule has 2 heteroatoms. The number of hydrogen-bond donors (Lipinski definition) is 1. The molecule has 1 aliphatic heterocycles. The maximum atomic E-state index is 11.2. The molecule has 3 atom stereocenters. The van der Waals surface area contributed by atoms with Crippen molar-refractivity contribution >= 4 is 0 Å². The Labute approximate surface area is 120 Å². The summed E-state index contributed by atoms with van der Waals surface area (Å²) in [7, 11) is 0. The van der Waals surface area contributed by atoms with Gasteiger partial charge in [0.25, 0.3) is 0 Å². The van der Waals surface area contributed by atoms with Crippen molar-refractivity contribution in [1.82, 2.24) is 0 Å². The molecule has 1 aliphatic rings. The summed E-state index contributed by atoms with van der Waals surface area (Å²) >= 11 is 0. The summed E-state index contributed by atoms with van der Waals surface area (Å²) in [5.74, 6) is 0.0867. The Hall–Kier alpha value is -1.64. The molecule has 0 spiro atoms. The molecule has 1 saturated heterocycles. The molecule has 20 heavy (non-hydrogen) atoms. The number of rotatable bonds is 4. The molecule has 2 nitrogen and oxygen atoms in total. The van der Waals surface area contributed by atoms with E-state index in [1.165, 1.54) is 0 Å². The van der Waals surface area contributed by atoms with Gasteiger partial charge < -0.3 is 9.84 Å². The molecule has 1 N–H and O–H groups in total. The van der Waals surface area contributed by atoms with Crippen molar-refractivity contribution in [2.75, 3.05) is 0 Å². The first-order valence-corrected chi connectivity index (χ1v) is 7.12. The lowest BCUT2D eigenvalue weighted by Crippen LogP contribution is -2.38. The zero-order valence-corrected chi connectivity index (χ0v) is 11.9. The predicted molar refractivity (Wildman–Crippen MR) is 79.2 cm³/mol. The number of benzene rings is 2. The zero-order chi connectivity index (χ0) is 14.2. The summed E-state index contributed by atoms with van der Waals surface area (Å²) in [6.07, 6.45) is -0.184. The average molecular weight is 268 g/mol. The van der Waals surface area contributed by atoms with Crippen molar-refractivity contribution in [2.45, 2.75) is 31.7 Å². The van der Waals surface area contributed by atoms with Crippen LogP contribution in [0.1, 0.15) is 31.1 Å². The molecule has 0 aliphatic carbocycles. The van der Waals surface area contributed by atoms with E-state index in [1.54, 1.807) is 0 Å². The van der Waals surface area contributed by atoms with Crippen molar-refractivity contribution < 1.29 is 9.84 Å². The zero-order valence-electron chi connectivity index (χ0n) is 11.9. The Morgan fingerprint density at radius 2 is 1.50 bits per heavy atom. The van der Waals surface area contributed by atoms with Crippen LogP contribution < -0.4 is 0 Å². The fraction of sp³-hybridized carbons (Fsp3) is 0.333. The molecule has 104 valence electrons. The Balaban J connectivity index is 1.91. The maximum Gasteiger partial charge on any atom is 0.122 e. The van der Waals surface area contributed by atoms with Crippen LogP contribution >= 0.6 is 0 Å². The Morgan fingerprint density at radius 3 is 2.05 bits per heavy atom. The first-order chi connectivity index (χ1) is 9.64. The monoisotopic (exact) mass is 268 g/mol. The van der Waals surface area contributed by atoms with Crippen LogP contribution in [0, 0.1) is 5.92 Å². The van der Waals surface area contributed by atoms with Gasteiger partial charge in [0.2, 0.25) is 0 Å².